The second kappa shape index (κ2) is 8.06. The molecule has 0 bridgehead atoms. The van der Waals surface area contributed by atoms with Crippen molar-refractivity contribution in [1.82, 2.24) is 5.32 Å². The Hall–Kier alpha value is -2.48. The normalized spacial score (nSPS) is 11.4. The van der Waals surface area contributed by atoms with Crippen LogP contribution in [0.2, 0.25) is 0 Å². The summed E-state index contributed by atoms with van der Waals surface area (Å²) in [7, 11) is -3.52. The molecule has 0 radical (unpaired) electrons. The number of ether oxygens (including phenoxy) is 1. The topological polar surface area (TPSA) is 72.5 Å². The van der Waals surface area contributed by atoms with Crippen molar-refractivity contribution in [3.63, 3.8) is 0 Å². The molecule has 1 N–H and O–H groups in total. The van der Waals surface area contributed by atoms with E-state index in [0.29, 0.717) is 5.56 Å². The van der Waals surface area contributed by atoms with Gasteiger partial charge in [0.1, 0.15) is 5.75 Å². The summed E-state index contributed by atoms with van der Waals surface area (Å²) < 4.78 is 52.6. The van der Waals surface area contributed by atoms with Gasteiger partial charge in [-0.3, -0.25) is 4.79 Å². The molecule has 2 aromatic rings. The molecule has 1 amide bonds. The van der Waals surface area contributed by atoms with Gasteiger partial charge < -0.3 is 10.1 Å². The number of sulfone groups is 1. The summed E-state index contributed by atoms with van der Waals surface area (Å²) in [5.41, 5.74) is 0.729. The second-order valence-electron chi connectivity index (χ2n) is 5.10. The summed E-state index contributed by atoms with van der Waals surface area (Å²) in [5, 5.41) is 2.62. The quantitative estimate of drug-likeness (QED) is 0.814. The first-order valence-corrected chi connectivity index (χ1v) is 9.12. The summed E-state index contributed by atoms with van der Waals surface area (Å²) in [4.78, 5) is 12.3. The third-order valence-corrected chi connectivity index (χ3v) is 5.23. The lowest BCUT2D eigenvalue weighted by Crippen LogP contribution is -2.25. The highest BCUT2D eigenvalue weighted by Gasteiger charge is 2.20. The highest BCUT2D eigenvalue weighted by Crippen LogP contribution is 2.18. The molecule has 0 heterocycles. The van der Waals surface area contributed by atoms with Gasteiger partial charge in [-0.2, -0.15) is 8.78 Å². The van der Waals surface area contributed by atoms with Gasteiger partial charge in [0.2, 0.25) is 0 Å². The zero-order chi connectivity index (χ0) is 18.4. The van der Waals surface area contributed by atoms with E-state index in [1.54, 1.807) is 12.1 Å². The van der Waals surface area contributed by atoms with Gasteiger partial charge in [-0.05, 0) is 29.8 Å². The van der Waals surface area contributed by atoms with Crippen molar-refractivity contribution in [1.29, 1.82) is 0 Å². The fourth-order valence-corrected chi connectivity index (χ4v) is 3.24. The first-order chi connectivity index (χ1) is 11.8. The Bertz CT molecular complexity index is 836. The number of hydrogen-bond acceptors (Lipinski definition) is 4. The van der Waals surface area contributed by atoms with Gasteiger partial charge in [-0.15, -0.1) is 0 Å². The molecule has 0 aliphatic rings. The lowest BCUT2D eigenvalue weighted by atomic mass is 10.2. The Morgan fingerprint density at radius 1 is 1.12 bits per heavy atom. The largest absolute Gasteiger partial charge is 0.435 e. The minimum absolute atomic E-state index is 0.0179. The van der Waals surface area contributed by atoms with E-state index in [-0.39, 0.29) is 28.5 Å². The maximum atomic E-state index is 12.3. The zero-order valence-corrected chi connectivity index (χ0v) is 14.2. The predicted octanol–water partition coefficient (Wildman–Crippen LogP) is 3.01. The molecule has 8 heteroatoms. The summed E-state index contributed by atoms with van der Waals surface area (Å²) in [6.07, 6.45) is 0. The van der Waals surface area contributed by atoms with Crippen molar-refractivity contribution in [3.05, 3.63) is 59.7 Å². The Kier molecular flexibility index (Phi) is 6.08. The van der Waals surface area contributed by atoms with Crippen LogP contribution in [0.25, 0.3) is 0 Å². The standard InChI is InChI=1S/C17H17F2NO4S/c1-2-25(22,23)15-6-4-3-5-14(15)16(21)20-11-12-7-9-13(10-8-12)24-17(18)19/h3-10,17H,2,11H2,1H3,(H,20,21). The Morgan fingerprint density at radius 2 is 1.76 bits per heavy atom. The van der Waals surface area contributed by atoms with E-state index in [0.717, 1.165) is 0 Å². The number of amides is 1. The minimum atomic E-state index is -3.52. The number of alkyl halides is 2. The molecule has 2 aromatic carbocycles. The van der Waals surface area contributed by atoms with E-state index in [1.165, 1.54) is 43.3 Å². The molecular weight excluding hydrogens is 352 g/mol. The maximum Gasteiger partial charge on any atom is 0.387 e. The molecule has 2 rings (SSSR count). The highest BCUT2D eigenvalue weighted by molar-refractivity contribution is 7.91. The average Bonchev–Trinajstić information content (AvgIpc) is 2.60. The predicted molar refractivity (Wildman–Crippen MR) is 88.4 cm³/mol. The molecule has 25 heavy (non-hydrogen) atoms. The molecule has 0 unspecified atom stereocenters. The number of carbonyl (C=O) groups excluding carboxylic acids is 1. The minimum Gasteiger partial charge on any atom is -0.435 e. The van der Waals surface area contributed by atoms with E-state index < -0.39 is 22.4 Å². The van der Waals surface area contributed by atoms with E-state index in [2.05, 4.69) is 10.1 Å². The van der Waals surface area contributed by atoms with Crippen LogP contribution < -0.4 is 10.1 Å². The number of hydrogen-bond donors (Lipinski definition) is 1. The molecule has 0 aromatic heterocycles. The van der Waals surface area contributed by atoms with E-state index in [1.807, 2.05) is 0 Å². The van der Waals surface area contributed by atoms with Crippen molar-refractivity contribution in [2.24, 2.45) is 0 Å². The van der Waals surface area contributed by atoms with Crippen LogP contribution in [0.5, 0.6) is 5.75 Å². The van der Waals surface area contributed by atoms with Crippen LogP contribution in [0.4, 0.5) is 8.78 Å². The smallest absolute Gasteiger partial charge is 0.387 e. The van der Waals surface area contributed by atoms with Crippen LogP contribution in [0.1, 0.15) is 22.8 Å². The van der Waals surface area contributed by atoms with E-state index >= 15 is 0 Å². The van der Waals surface area contributed by atoms with E-state index in [9.17, 15) is 22.0 Å². The summed E-state index contributed by atoms with van der Waals surface area (Å²) in [6.45, 7) is -1.27. The van der Waals surface area contributed by atoms with Gasteiger partial charge in [0.25, 0.3) is 5.91 Å². The third-order valence-electron chi connectivity index (χ3n) is 3.45. The van der Waals surface area contributed by atoms with Gasteiger partial charge in [-0.1, -0.05) is 31.2 Å². The molecule has 0 fully saturated rings. The van der Waals surface area contributed by atoms with Crippen molar-refractivity contribution in [2.75, 3.05) is 5.75 Å². The Morgan fingerprint density at radius 3 is 2.36 bits per heavy atom. The molecule has 5 nitrogen and oxygen atoms in total. The van der Waals surface area contributed by atoms with Crippen LogP contribution in [-0.4, -0.2) is 26.7 Å². The molecular formula is C17H17F2NO4S. The van der Waals surface area contributed by atoms with Crippen molar-refractivity contribution < 1.29 is 26.7 Å². The van der Waals surface area contributed by atoms with Crippen LogP contribution in [0.15, 0.2) is 53.4 Å². The molecule has 0 spiro atoms. The first-order valence-electron chi connectivity index (χ1n) is 7.47. The Balaban J connectivity index is 2.09. The number of rotatable bonds is 7. The summed E-state index contributed by atoms with van der Waals surface area (Å²) >= 11 is 0. The summed E-state index contributed by atoms with van der Waals surface area (Å²) in [5.74, 6) is -0.618. The van der Waals surface area contributed by atoms with Crippen LogP contribution in [0, 0.1) is 0 Å². The summed E-state index contributed by atoms with van der Waals surface area (Å²) in [6, 6.07) is 11.8. The van der Waals surface area contributed by atoms with Gasteiger partial charge >= 0.3 is 6.61 Å². The van der Waals surface area contributed by atoms with Gasteiger partial charge in [0.05, 0.1) is 16.2 Å². The second-order valence-corrected chi connectivity index (χ2v) is 7.35. The Labute approximate surface area is 144 Å². The molecule has 0 atom stereocenters. The third kappa shape index (κ3) is 4.99. The fraction of sp³-hybridized carbons (Fsp3) is 0.235. The molecule has 0 aliphatic carbocycles. The number of nitrogens with one attached hydrogen (secondary N) is 1. The van der Waals surface area contributed by atoms with Crippen molar-refractivity contribution in [3.8, 4) is 5.75 Å². The van der Waals surface area contributed by atoms with Crippen LogP contribution in [-0.2, 0) is 16.4 Å². The van der Waals surface area contributed by atoms with Crippen LogP contribution in [0.3, 0.4) is 0 Å². The number of benzene rings is 2. The van der Waals surface area contributed by atoms with E-state index in [4.69, 9.17) is 0 Å². The fourth-order valence-electron chi connectivity index (χ4n) is 2.15. The lowest BCUT2D eigenvalue weighted by Gasteiger charge is -2.10. The number of halogens is 2. The molecule has 134 valence electrons. The molecule has 0 saturated carbocycles. The number of carbonyl (C=O) groups is 1. The molecule has 0 aliphatic heterocycles. The first kappa shape index (κ1) is 18.9. The van der Waals surface area contributed by atoms with Gasteiger partial charge in [-0.25, -0.2) is 8.42 Å². The maximum absolute atomic E-state index is 12.3. The monoisotopic (exact) mass is 369 g/mol. The molecule has 0 saturated heterocycles. The lowest BCUT2D eigenvalue weighted by molar-refractivity contribution is -0.0498. The SMILES string of the molecule is CCS(=O)(=O)c1ccccc1C(=O)NCc1ccc(OC(F)F)cc1. The highest BCUT2D eigenvalue weighted by atomic mass is 32.2. The van der Waals surface area contributed by atoms with Gasteiger partial charge in [0.15, 0.2) is 9.84 Å². The van der Waals surface area contributed by atoms with Crippen molar-refractivity contribution >= 4 is 15.7 Å². The van der Waals surface area contributed by atoms with Crippen molar-refractivity contribution in [2.45, 2.75) is 25.0 Å². The van der Waals surface area contributed by atoms with Gasteiger partial charge in [0, 0.05) is 6.54 Å². The van der Waals surface area contributed by atoms with Crippen LogP contribution >= 0.6 is 0 Å². The average molecular weight is 369 g/mol. The zero-order valence-electron chi connectivity index (χ0n) is 13.4.